The Kier molecular flexibility index (Phi) is 8.16. The number of carbonyl (C=O) groups is 2. The lowest BCUT2D eigenvalue weighted by Crippen LogP contribution is -2.35. The fourth-order valence-electron chi connectivity index (χ4n) is 3.52. The Morgan fingerprint density at radius 2 is 1.72 bits per heavy atom. The van der Waals surface area contributed by atoms with Gasteiger partial charge in [0.2, 0.25) is 0 Å². The molecular formula is C28H24ClN3O4. The van der Waals surface area contributed by atoms with Gasteiger partial charge in [0.25, 0.3) is 11.8 Å². The maximum atomic E-state index is 12.6. The van der Waals surface area contributed by atoms with Crippen molar-refractivity contribution in [3.8, 4) is 11.5 Å². The number of benzene rings is 4. The summed E-state index contributed by atoms with van der Waals surface area (Å²) in [4.78, 5) is 24.7. The van der Waals surface area contributed by atoms with Crippen molar-refractivity contribution in [2.45, 2.75) is 6.61 Å². The number of amides is 2. The number of hydrogen-bond acceptors (Lipinski definition) is 5. The minimum Gasteiger partial charge on any atom is -0.493 e. The standard InChI is InChI=1S/C28H24ClN3O4/c1-35-26-15-20(11-14-25(26)36-18-19-9-12-22(29)13-10-19)16-31-32-27(33)17-30-28(34)24-8-4-6-21-5-2-3-7-23(21)24/h2-16H,17-18H2,1H3,(H,30,34)(H,32,33)/b31-16-. The highest BCUT2D eigenvalue weighted by molar-refractivity contribution is 6.30. The number of nitrogens with one attached hydrogen (secondary N) is 2. The highest BCUT2D eigenvalue weighted by Gasteiger charge is 2.11. The summed E-state index contributed by atoms with van der Waals surface area (Å²) < 4.78 is 11.3. The summed E-state index contributed by atoms with van der Waals surface area (Å²) in [6, 6.07) is 25.7. The van der Waals surface area contributed by atoms with Crippen LogP contribution in [-0.4, -0.2) is 31.7 Å². The fourth-order valence-corrected chi connectivity index (χ4v) is 3.65. The van der Waals surface area contributed by atoms with Gasteiger partial charge in [0.05, 0.1) is 19.9 Å². The Morgan fingerprint density at radius 3 is 2.53 bits per heavy atom. The van der Waals surface area contributed by atoms with E-state index in [0.29, 0.717) is 34.3 Å². The first kappa shape index (κ1) is 24.8. The normalized spacial score (nSPS) is 10.8. The zero-order chi connectivity index (χ0) is 25.3. The van der Waals surface area contributed by atoms with E-state index in [2.05, 4.69) is 15.8 Å². The van der Waals surface area contributed by atoms with Gasteiger partial charge in [0, 0.05) is 10.6 Å². The molecule has 0 unspecified atom stereocenters. The first-order valence-corrected chi connectivity index (χ1v) is 11.5. The second-order valence-electron chi connectivity index (χ2n) is 7.83. The average Bonchev–Trinajstić information content (AvgIpc) is 2.91. The summed E-state index contributed by atoms with van der Waals surface area (Å²) in [6.07, 6.45) is 1.48. The monoisotopic (exact) mass is 501 g/mol. The molecule has 0 heterocycles. The van der Waals surface area contributed by atoms with Gasteiger partial charge in [-0.2, -0.15) is 5.10 Å². The third kappa shape index (κ3) is 6.40. The van der Waals surface area contributed by atoms with Crippen LogP contribution in [0.2, 0.25) is 5.02 Å². The van der Waals surface area contributed by atoms with Crippen molar-refractivity contribution in [2.75, 3.05) is 13.7 Å². The second-order valence-corrected chi connectivity index (χ2v) is 8.26. The van der Waals surface area contributed by atoms with Crippen LogP contribution in [0.15, 0.2) is 90.0 Å². The van der Waals surface area contributed by atoms with Gasteiger partial charge in [-0.05, 0) is 58.3 Å². The minimum atomic E-state index is -0.449. The van der Waals surface area contributed by atoms with Crippen LogP contribution >= 0.6 is 11.6 Å². The first-order chi connectivity index (χ1) is 17.5. The van der Waals surface area contributed by atoms with E-state index in [1.54, 1.807) is 43.5 Å². The van der Waals surface area contributed by atoms with Crippen molar-refractivity contribution in [1.29, 1.82) is 0 Å². The molecule has 8 heteroatoms. The predicted molar refractivity (Wildman–Crippen MR) is 141 cm³/mol. The SMILES string of the molecule is COc1cc(/C=N\NC(=O)CNC(=O)c2cccc3ccccc23)ccc1OCc1ccc(Cl)cc1. The van der Waals surface area contributed by atoms with Crippen LogP contribution in [0.25, 0.3) is 10.8 Å². The molecule has 2 amide bonds. The highest BCUT2D eigenvalue weighted by atomic mass is 35.5. The number of nitrogens with zero attached hydrogens (tertiary/aromatic N) is 1. The van der Waals surface area contributed by atoms with Gasteiger partial charge in [-0.1, -0.05) is 60.1 Å². The molecule has 0 radical (unpaired) electrons. The Morgan fingerprint density at radius 1 is 0.944 bits per heavy atom. The molecular weight excluding hydrogens is 478 g/mol. The van der Waals surface area contributed by atoms with Crippen molar-refractivity contribution in [3.05, 3.63) is 107 Å². The third-order valence-corrected chi connectivity index (χ3v) is 5.59. The molecule has 0 aliphatic rings. The topological polar surface area (TPSA) is 89.0 Å². The molecule has 0 bridgehead atoms. The third-order valence-electron chi connectivity index (χ3n) is 5.34. The number of ether oxygens (including phenoxy) is 2. The number of halogens is 1. The number of fused-ring (bicyclic) bond motifs is 1. The molecule has 0 saturated carbocycles. The summed E-state index contributed by atoms with van der Waals surface area (Å²) in [5, 5.41) is 9.04. The van der Waals surface area contributed by atoms with Crippen molar-refractivity contribution in [1.82, 2.24) is 10.7 Å². The lowest BCUT2D eigenvalue weighted by atomic mass is 10.0. The Labute approximate surface area is 213 Å². The Balaban J connectivity index is 1.29. The van der Waals surface area contributed by atoms with Gasteiger partial charge in [-0.25, -0.2) is 5.43 Å². The van der Waals surface area contributed by atoms with Crippen LogP contribution in [0.3, 0.4) is 0 Å². The van der Waals surface area contributed by atoms with Gasteiger partial charge in [-0.3, -0.25) is 9.59 Å². The molecule has 4 rings (SSSR count). The molecule has 4 aromatic rings. The molecule has 0 saturated heterocycles. The molecule has 0 fully saturated rings. The van der Waals surface area contributed by atoms with Crippen molar-refractivity contribution in [2.24, 2.45) is 5.10 Å². The van der Waals surface area contributed by atoms with Crippen LogP contribution in [0.4, 0.5) is 0 Å². The molecule has 0 aromatic heterocycles. The molecule has 182 valence electrons. The maximum Gasteiger partial charge on any atom is 0.259 e. The van der Waals surface area contributed by atoms with Gasteiger partial charge in [-0.15, -0.1) is 0 Å². The first-order valence-electron chi connectivity index (χ1n) is 11.2. The van der Waals surface area contributed by atoms with Gasteiger partial charge in [0.15, 0.2) is 11.5 Å². The fraction of sp³-hybridized carbons (Fsp3) is 0.107. The smallest absolute Gasteiger partial charge is 0.259 e. The predicted octanol–water partition coefficient (Wildman–Crippen LogP) is 4.96. The summed E-state index contributed by atoms with van der Waals surface area (Å²) in [5.41, 5.74) is 4.59. The van der Waals surface area contributed by atoms with Gasteiger partial charge < -0.3 is 14.8 Å². The zero-order valence-electron chi connectivity index (χ0n) is 19.5. The van der Waals surface area contributed by atoms with E-state index in [4.69, 9.17) is 21.1 Å². The summed E-state index contributed by atoms with van der Waals surface area (Å²) in [5.74, 6) is 0.325. The van der Waals surface area contributed by atoms with Crippen LogP contribution < -0.4 is 20.2 Å². The van der Waals surface area contributed by atoms with E-state index >= 15 is 0 Å². The van der Waals surface area contributed by atoms with E-state index < -0.39 is 5.91 Å². The number of hydrazone groups is 1. The molecule has 0 atom stereocenters. The van der Waals surface area contributed by atoms with E-state index in [0.717, 1.165) is 16.3 Å². The van der Waals surface area contributed by atoms with Crippen LogP contribution in [-0.2, 0) is 11.4 Å². The second kappa shape index (κ2) is 11.9. The largest absolute Gasteiger partial charge is 0.493 e. The van der Waals surface area contributed by atoms with Crippen molar-refractivity contribution >= 4 is 40.4 Å². The van der Waals surface area contributed by atoms with Gasteiger partial charge in [0.1, 0.15) is 6.61 Å². The molecule has 7 nitrogen and oxygen atoms in total. The van der Waals surface area contributed by atoms with Crippen molar-refractivity contribution < 1.29 is 19.1 Å². The van der Waals surface area contributed by atoms with Crippen molar-refractivity contribution in [3.63, 3.8) is 0 Å². The average molecular weight is 502 g/mol. The molecule has 2 N–H and O–H groups in total. The van der Waals surface area contributed by atoms with E-state index in [-0.39, 0.29) is 12.5 Å². The van der Waals surface area contributed by atoms with Crippen LogP contribution in [0, 0.1) is 0 Å². The van der Waals surface area contributed by atoms with Crippen LogP contribution in [0.1, 0.15) is 21.5 Å². The molecule has 4 aromatic carbocycles. The summed E-state index contributed by atoms with van der Waals surface area (Å²) in [7, 11) is 1.55. The highest BCUT2D eigenvalue weighted by Crippen LogP contribution is 2.28. The Hall–Kier alpha value is -4.36. The van der Waals surface area contributed by atoms with E-state index in [9.17, 15) is 9.59 Å². The molecule has 36 heavy (non-hydrogen) atoms. The quantitative estimate of drug-likeness (QED) is 0.250. The number of methoxy groups -OCH3 is 1. The zero-order valence-corrected chi connectivity index (χ0v) is 20.3. The van der Waals surface area contributed by atoms with Crippen LogP contribution in [0.5, 0.6) is 11.5 Å². The number of hydrogen-bond donors (Lipinski definition) is 2. The molecule has 0 aliphatic carbocycles. The minimum absolute atomic E-state index is 0.208. The Bertz CT molecular complexity index is 1400. The van der Waals surface area contributed by atoms with E-state index in [1.807, 2.05) is 48.5 Å². The number of carbonyl (C=O) groups excluding carboxylic acids is 2. The van der Waals surface area contributed by atoms with E-state index in [1.165, 1.54) is 6.21 Å². The number of rotatable bonds is 9. The lowest BCUT2D eigenvalue weighted by Gasteiger charge is -2.11. The molecule has 0 spiro atoms. The summed E-state index contributed by atoms with van der Waals surface area (Å²) >= 11 is 5.91. The van der Waals surface area contributed by atoms with Gasteiger partial charge >= 0.3 is 0 Å². The molecule has 0 aliphatic heterocycles. The summed E-state index contributed by atoms with van der Waals surface area (Å²) in [6.45, 7) is 0.154. The maximum absolute atomic E-state index is 12.6. The lowest BCUT2D eigenvalue weighted by molar-refractivity contribution is -0.120.